The SMILES string of the molecule is Br.Cc1cc(C(O)c2ccc([C@@H](C)[C@]3(C)CC(=O)NC3=O)cc2)cc(C2CC2)n1. The number of pyridine rings is 1. The lowest BCUT2D eigenvalue weighted by Crippen LogP contribution is -2.33. The molecule has 2 aliphatic rings. The minimum absolute atomic E-state index is 0. The maximum Gasteiger partial charge on any atom is 0.233 e. The van der Waals surface area contributed by atoms with Crippen molar-refractivity contribution in [1.29, 1.82) is 0 Å². The average Bonchev–Trinajstić information content (AvgIpc) is 3.47. The molecule has 2 amide bonds. The molecule has 1 saturated heterocycles. The number of carbonyl (C=O) groups excluding carboxylic acids is 2. The highest BCUT2D eigenvalue weighted by molar-refractivity contribution is 8.93. The van der Waals surface area contributed by atoms with Gasteiger partial charge in [-0.3, -0.25) is 19.9 Å². The predicted octanol–water partition coefficient (Wildman–Crippen LogP) is 4.08. The molecule has 0 spiro atoms. The highest BCUT2D eigenvalue weighted by Gasteiger charge is 2.47. The summed E-state index contributed by atoms with van der Waals surface area (Å²) in [6.45, 7) is 5.76. The molecule has 2 fully saturated rings. The number of aliphatic hydroxyl groups excluding tert-OH is 1. The van der Waals surface area contributed by atoms with Crippen LogP contribution in [0.3, 0.4) is 0 Å². The van der Waals surface area contributed by atoms with Crippen LogP contribution in [0.1, 0.15) is 79.1 Å². The Labute approximate surface area is 181 Å². The number of aliphatic hydroxyl groups is 1. The largest absolute Gasteiger partial charge is 0.384 e. The second kappa shape index (κ2) is 8.00. The van der Waals surface area contributed by atoms with Crippen molar-refractivity contribution in [2.24, 2.45) is 5.41 Å². The van der Waals surface area contributed by atoms with Crippen molar-refractivity contribution in [2.75, 3.05) is 0 Å². The van der Waals surface area contributed by atoms with Crippen molar-refractivity contribution in [3.63, 3.8) is 0 Å². The van der Waals surface area contributed by atoms with Crippen LogP contribution in [0.2, 0.25) is 0 Å². The first-order valence-corrected chi connectivity index (χ1v) is 9.88. The van der Waals surface area contributed by atoms with E-state index in [1.54, 1.807) is 0 Å². The Bertz CT molecular complexity index is 940. The topological polar surface area (TPSA) is 79.3 Å². The lowest BCUT2D eigenvalue weighted by atomic mass is 9.73. The van der Waals surface area contributed by atoms with Gasteiger partial charge in [0.25, 0.3) is 0 Å². The van der Waals surface area contributed by atoms with Gasteiger partial charge in [0.2, 0.25) is 11.8 Å². The molecule has 0 radical (unpaired) electrons. The molecular weight excluding hydrogens is 432 g/mol. The lowest BCUT2D eigenvalue weighted by molar-refractivity contribution is -0.128. The number of halogens is 1. The summed E-state index contributed by atoms with van der Waals surface area (Å²) in [5.41, 5.74) is 3.91. The van der Waals surface area contributed by atoms with Crippen molar-refractivity contribution in [2.45, 2.75) is 58.0 Å². The summed E-state index contributed by atoms with van der Waals surface area (Å²) in [4.78, 5) is 28.5. The van der Waals surface area contributed by atoms with Gasteiger partial charge in [0.05, 0.1) is 5.41 Å². The summed E-state index contributed by atoms with van der Waals surface area (Å²) < 4.78 is 0. The zero-order valence-corrected chi connectivity index (χ0v) is 18.6. The Morgan fingerprint density at radius 1 is 1.10 bits per heavy atom. The highest BCUT2D eigenvalue weighted by Crippen LogP contribution is 2.42. The van der Waals surface area contributed by atoms with Crippen molar-refractivity contribution in [3.05, 3.63) is 64.5 Å². The van der Waals surface area contributed by atoms with Crippen molar-refractivity contribution >= 4 is 28.8 Å². The zero-order chi connectivity index (χ0) is 20.1. The van der Waals surface area contributed by atoms with E-state index in [9.17, 15) is 14.7 Å². The van der Waals surface area contributed by atoms with Crippen LogP contribution < -0.4 is 5.32 Å². The summed E-state index contributed by atoms with van der Waals surface area (Å²) in [6.07, 6.45) is 1.84. The van der Waals surface area contributed by atoms with Crippen LogP contribution in [0.5, 0.6) is 0 Å². The van der Waals surface area contributed by atoms with E-state index < -0.39 is 11.5 Å². The number of hydrogen-bond donors (Lipinski definition) is 2. The molecule has 1 aromatic carbocycles. The number of carbonyl (C=O) groups is 2. The Morgan fingerprint density at radius 3 is 2.28 bits per heavy atom. The van der Waals surface area contributed by atoms with Gasteiger partial charge in [0.1, 0.15) is 6.10 Å². The van der Waals surface area contributed by atoms with Crippen LogP contribution in [0.4, 0.5) is 0 Å². The van der Waals surface area contributed by atoms with E-state index in [0.717, 1.165) is 28.1 Å². The Morgan fingerprint density at radius 2 is 1.72 bits per heavy atom. The van der Waals surface area contributed by atoms with E-state index >= 15 is 0 Å². The van der Waals surface area contributed by atoms with E-state index in [0.29, 0.717) is 5.92 Å². The van der Waals surface area contributed by atoms with Gasteiger partial charge >= 0.3 is 0 Å². The van der Waals surface area contributed by atoms with E-state index in [1.807, 2.05) is 57.2 Å². The number of imide groups is 1. The van der Waals surface area contributed by atoms with E-state index in [-0.39, 0.29) is 41.1 Å². The number of hydrogen-bond acceptors (Lipinski definition) is 4. The molecule has 0 bridgehead atoms. The summed E-state index contributed by atoms with van der Waals surface area (Å²) in [7, 11) is 0. The third-order valence-electron chi connectivity index (χ3n) is 6.31. The average molecular weight is 459 g/mol. The number of nitrogens with zero attached hydrogens (tertiary/aromatic N) is 1. The molecule has 6 heteroatoms. The maximum absolute atomic E-state index is 12.2. The summed E-state index contributed by atoms with van der Waals surface area (Å²) in [5, 5.41) is 13.3. The smallest absolute Gasteiger partial charge is 0.233 e. The number of rotatable bonds is 5. The maximum atomic E-state index is 12.2. The minimum atomic E-state index is -0.738. The fourth-order valence-electron chi connectivity index (χ4n) is 4.07. The van der Waals surface area contributed by atoms with Crippen LogP contribution >= 0.6 is 17.0 Å². The van der Waals surface area contributed by atoms with Crippen LogP contribution in [-0.4, -0.2) is 21.9 Å². The molecule has 2 heterocycles. The highest BCUT2D eigenvalue weighted by atomic mass is 79.9. The van der Waals surface area contributed by atoms with Crippen molar-refractivity contribution in [3.8, 4) is 0 Å². The monoisotopic (exact) mass is 458 g/mol. The number of amides is 2. The quantitative estimate of drug-likeness (QED) is 0.661. The first-order chi connectivity index (χ1) is 13.3. The molecular formula is C23H27BrN2O3. The summed E-state index contributed by atoms with van der Waals surface area (Å²) in [6, 6.07) is 11.6. The Hall–Kier alpha value is -2.05. The van der Waals surface area contributed by atoms with Gasteiger partial charge in [-0.15, -0.1) is 17.0 Å². The zero-order valence-electron chi connectivity index (χ0n) is 16.9. The molecule has 1 aromatic heterocycles. The van der Waals surface area contributed by atoms with Gasteiger partial charge in [-0.2, -0.15) is 0 Å². The molecule has 1 unspecified atom stereocenters. The first kappa shape index (κ1) is 21.7. The Balaban J connectivity index is 0.00000240. The molecule has 29 heavy (non-hydrogen) atoms. The normalized spacial score (nSPS) is 23.3. The third-order valence-corrected chi connectivity index (χ3v) is 6.31. The molecule has 2 aromatic rings. The van der Waals surface area contributed by atoms with Gasteiger partial charge in [0, 0.05) is 23.7 Å². The van der Waals surface area contributed by atoms with Gasteiger partial charge in [0.15, 0.2) is 0 Å². The number of aryl methyl sites for hydroxylation is 1. The molecule has 4 rings (SSSR count). The van der Waals surface area contributed by atoms with Gasteiger partial charge < -0.3 is 5.11 Å². The van der Waals surface area contributed by atoms with Crippen molar-refractivity contribution in [1.82, 2.24) is 10.3 Å². The van der Waals surface area contributed by atoms with Crippen LogP contribution in [0.25, 0.3) is 0 Å². The second-order valence-corrected chi connectivity index (χ2v) is 8.50. The Kier molecular flexibility index (Phi) is 5.97. The molecule has 1 aliphatic carbocycles. The van der Waals surface area contributed by atoms with Gasteiger partial charge in [-0.05, 0) is 61.4 Å². The number of aromatic nitrogens is 1. The second-order valence-electron chi connectivity index (χ2n) is 8.50. The van der Waals surface area contributed by atoms with Gasteiger partial charge in [-0.25, -0.2) is 0 Å². The first-order valence-electron chi connectivity index (χ1n) is 9.88. The molecule has 3 atom stereocenters. The molecule has 5 nitrogen and oxygen atoms in total. The standard InChI is InChI=1S/C23H26N2O3.BrH/c1-13-10-18(11-19(24-13)16-6-7-16)21(27)17-8-4-15(5-9-17)14(2)23(3)12-20(26)25-22(23)28;/h4-5,8-11,14,16,21,27H,6-7,12H2,1-3H3,(H,25,26,28);1H/t14-,21?,23+;/m1./s1. The van der Waals surface area contributed by atoms with Gasteiger partial charge in [-0.1, -0.05) is 31.2 Å². The summed E-state index contributed by atoms with van der Waals surface area (Å²) >= 11 is 0. The number of nitrogens with one attached hydrogen (secondary N) is 1. The molecule has 154 valence electrons. The lowest BCUT2D eigenvalue weighted by Gasteiger charge is -2.28. The van der Waals surface area contributed by atoms with Crippen molar-refractivity contribution < 1.29 is 14.7 Å². The van der Waals surface area contributed by atoms with Crippen LogP contribution in [-0.2, 0) is 9.59 Å². The van der Waals surface area contributed by atoms with E-state index in [2.05, 4.69) is 10.3 Å². The predicted molar refractivity (Wildman–Crippen MR) is 116 cm³/mol. The summed E-state index contributed by atoms with van der Waals surface area (Å²) in [5.74, 6) is 0.00441. The molecule has 1 saturated carbocycles. The van der Waals surface area contributed by atoms with Crippen LogP contribution in [0, 0.1) is 12.3 Å². The minimum Gasteiger partial charge on any atom is -0.384 e. The third kappa shape index (κ3) is 4.14. The fourth-order valence-corrected chi connectivity index (χ4v) is 4.07. The number of benzene rings is 1. The molecule has 1 aliphatic heterocycles. The fraction of sp³-hybridized carbons (Fsp3) is 0.435. The van der Waals surface area contributed by atoms with Crippen LogP contribution in [0.15, 0.2) is 36.4 Å². The molecule has 2 N–H and O–H groups in total. The van der Waals surface area contributed by atoms with E-state index in [4.69, 9.17) is 0 Å². The van der Waals surface area contributed by atoms with E-state index in [1.165, 1.54) is 12.8 Å².